The summed E-state index contributed by atoms with van der Waals surface area (Å²) in [5, 5.41) is 5.16. The molecule has 1 fully saturated rings. The van der Waals surface area contributed by atoms with Crippen LogP contribution >= 0.6 is 12.4 Å². The molecule has 0 radical (unpaired) electrons. The van der Waals surface area contributed by atoms with E-state index < -0.39 is 0 Å². The molecule has 0 saturated carbocycles. The minimum absolute atomic E-state index is 0. The van der Waals surface area contributed by atoms with Crippen molar-refractivity contribution in [2.24, 2.45) is 0 Å². The van der Waals surface area contributed by atoms with Crippen LogP contribution in [0.25, 0.3) is 0 Å². The van der Waals surface area contributed by atoms with Gasteiger partial charge in [-0.1, -0.05) is 44.2 Å². The highest BCUT2D eigenvalue weighted by molar-refractivity contribution is 5.85. The van der Waals surface area contributed by atoms with Crippen LogP contribution in [0.15, 0.2) is 66.9 Å². The third kappa shape index (κ3) is 6.57. The van der Waals surface area contributed by atoms with Crippen LogP contribution in [0.5, 0.6) is 5.75 Å². The molecule has 1 saturated heterocycles. The second-order valence-corrected chi connectivity index (χ2v) is 7.64. The zero-order valence-electron chi connectivity index (χ0n) is 19.2. The summed E-state index contributed by atoms with van der Waals surface area (Å²) in [6, 6.07) is 20.3. The lowest BCUT2D eigenvalue weighted by atomic mass is 10.0. The molecule has 0 aliphatic carbocycles. The first-order valence-corrected chi connectivity index (χ1v) is 11.3. The first-order chi connectivity index (χ1) is 15.8. The number of aromatic nitrogens is 2. The molecule has 2 aromatic carbocycles. The number of halogens is 1. The predicted molar refractivity (Wildman–Crippen MR) is 135 cm³/mol. The topological polar surface area (TPSA) is 62.8 Å². The Morgan fingerprint density at radius 3 is 2.55 bits per heavy atom. The maximum atomic E-state index is 5.89. The maximum absolute atomic E-state index is 5.89. The second-order valence-electron chi connectivity index (χ2n) is 7.64. The average molecular weight is 470 g/mol. The molecular formula is C25H32ClN5O2. The van der Waals surface area contributed by atoms with Gasteiger partial charge in [0.2, 0.25) is 5.95 Å². The number of ether oxygens (including phenoxy) is 1. The van der Waals surface area contributed by atoms with Crippen molar-refractivity contribution in [1.82, 2.24) is 14.9 Å². The SMILES string of the molecule is CCN(CC)CCOc1ccc(Nc2nccc(N3OCC[C@H]3c3ccccc3)n2)cc1.Cl. The number of hydroxylamine groups is 1. The van der Waals surface area contributed by atoms with Crippen LogP contribution in [0.2, 0.25) is 0 Å². The number of anilines is 3. The number of rotatable bonds is 10. The quantitative estimate of drug-likeness (QED) is 0.435. The maximum Gasteiger partial charge on any atom is 0.229 e. The van der Waals surface area contributed by atoms with Gasteiger partial charge in [0.05, 0.1) is 12.6 Å². The van der Waals surface area contributed by atoms with Crippen molar-refractivity contribution in [1.29, 1.82) is 0 Å². The van der Waals surface area contributed by atoms with E-state index in [0.717, 1.165) is 43.3 Å². The van der Waals surface area contributed by atoms with Crippen LogP contribution in [0.1, 0.15) is 31.9 Å². The van der Waals surface area contributed by atoms with Gasteiger partial charge in [-0.15, -0.1) is 12.4 Å². The molecule has 1 aromatic heterocycles. The van der Waals surface area contributed by atoms with Crippen molar-refractivity contribution in [3.05, 3.63) is 72.4 Å². The lowest BCUT2D eigenvalue weighted by Crippen LogP contribution is -2.27. The van der Waals surface area contributed by atoms with Crippen LogP contribution in [0, 0.1) is 0 Å². The number of benzene rings is 2. The van der Waals surface area contributed by atoms with E-state index >= 15 is 0 Å². The van der Waals surface area contributed by atoms with Gasteiger partial charge in [0, 0.05) is 30.9 Å². The third-order valence-electron chi connectivity index (χ3n) is 5.64. The van der Waals surface area contributed by atoms with Crippen molar-refractivity contribution in [3.8, 4) is 5.75 Å². The van der Waals surface area contributed by atoms with E-state index in [0.29, 0.717) is 19.2 Å². The number of likely N-dealkylation sites (N-methyl/N-ethyl adjacent to an activating group) is 1. The summed E-state index contributed by atoms with van der Waals surface area (Å²) in [6.45, 7) is 8.68. The number of nitrogens with one attached hydrogen (secondary N) is 1. The first-order valence-electron chi connectivity index (χ1n) is 11.3. The summed E-state index contributed by atoms with van der Waals surface area (Å²) in [6.07, 6.45) is 2.67. The highest BCUT2D eigenvalue weighted by Crippen LogP contribution is 2.34. The fourth-order valence-corrected chi connectivity index (χ4v) is 3.80. The molecule has 2 heterocycles. The van der Waals surface area contributed by atoms with E-state index in [-0.39, 0.29) is 18.4 Å². The van der Waals surface area contributed by atoms with Gasteiger partial charge in [0.25, 0.3) is 0 Å². The van der Waals surface area contributed by atoms with E-state index in [4.69, 9.17) is 9.57 Å². The summed E-state index contributed by atoms with van der Waals surface area (Å²) in [7, 11) is 0. The highest BCUT2D eigenvalue weighted by atomic mass is 35.5. The molecule has 0 amide bonds. The normalized spacial score (nSPS) is 15.4. The van der Waals surface area contributed by atoms with Gasteiger partial charge in [-0.25, -0.2) is 10.0 Å². The molecule has 1 atom stereocenters. The average Bonchev–Trinajstić information content (AvgIpc) is 3.34. The predicted octanol–water partition coefficient (Wildman–Crippen LogP) is 5.25. The monoisotopic (exact) mass is 469 g/mol. The molecule has 7 nitrogen and oxygen atoms in total. The Morgan fingerprint density at radius 1 is 1.06 bits per heavy atom. The van der Waals surface area contributed by atoms with Crippen molar-refractivity contribution >= 4 is 29.9 Å². The Bertz CT molecular complexity index is 970. The third-order valence-corrected chi connectivity index (χ3v) is 5.64. The van der Waals surface area contributed by atoms with Gasteiger partial charge in [-0.3, -0.25) is 4.84 Å². The Balaban J connectivity index is 0.00000306. The highest BCUT2D eigenvalue weighted by Gasteiger charge is 2.28. The van der Waals surface area contributed by atoms with Gasteiger partial charge in [0.1, 0.15) is 12.4 Å². The fraction of sp³-hybridized carbons (Fsp3) is 0.360. The van der Waals surface area contributed by atoms with Gasteiger partial charge in [0.15, 0.2) is 5.82 Å². The summed E-state index contributed by atoms with van der Waals surface area (Å²) >= 11 is 0. The molecule has 0 unspecified atom stereocenters. The van der Waals surface area contributed by atoms with Crippen LogP contribution in [0.3, 0.4) is 0 Å². The summed E-state index contributed by atoms with van der Waals surface area (Å²) in [5.74, 6) is 2.12. The summed E-state index contributed by atoms with van der Waals surface area (Å²) in [5.41, 5.74) is 2.12. The minimum atomic E-state index is 0. The Labute approximate surface area is 202 Å². The van der Waals surface area contributed by atoms with E-state index in [1.54, 1.807) is 6.20 Å². The Kier molecular flexibility index (Phi) is 9.30. The molecule has 1 N–H and O–H groups in total. The summed E-state index contributed by atoms with van der Waals surface area (Å²) in [4.78, 5) is 17.3. The van der Waals surface area contributed by atoms with Gasteiger partial charge in [-0.2, -0.15) is 4.98 Å². The molecule has 1 aliphatic heterocycles. The molecular weight excluding hydrogens is 438 g/mol. The van der Waals surface area contributed by atoms with E-state index in [1.165, 1.54) is 5.56 Å². The van der Waals surface area contributed by atoms with Crippen molar-refractivity contribution < 1.29 is 9.57 Å². The van der Waals surface area contributed by atoms with Crippen LogP contribution in [-0.4, -0.2) is 47.7 Å². The molecule has 3 aromatic rings. The van der Waals surface area contributed by atoms with Gasteiger partial charge in [-0.05, 0) is 42.9 Å². The first kappa shape index (κ1) is 24.8. The van der Waals surface area contributed by atoms with Crippen LogP contribution in [-0.2, 0) is 4.84 Å². The van der Waals surface area contributed by atoms with E-state index in [2.05, 4.69) is 58.3 Å². The van der Waals surface area contributed by atoms with Crippen molar-refractivity contribution in [3.63, 3.8) is 0 Å². The van der Waals surface area contributed by atoms with Gasteiger partial charge < -0.3 is 15.0 Å². The molecule has 176 valence electrons. The Morgan fingerprint density at radius 2 is 1.82 bits per heavy atom. The molecule has 0 spiro atoms. The Hall–Kier alpha value is -2.87. The number of hydrogen-bond donors (Lipinski definition) is 1. The lowest BCUT2D eigenvalue weighted by Gasteiger charge is -2.24. The largest absolute Gasteiger partial charge is 0.492 e. The van der Waals surface area contributed by atoms with Crippen LogP contribution in [0.4, 0.5) is 17.5 Å². The summed E-state index contributed by atoms with van der Waals surface area (Å²) < 4.78 is 5.86. The smallest absolute Gasteiger partial charge is 0.229 e. The minimum Gasteiger partial charge on any atom is -0.492 e. The van der Waals surface area contributed by atoms with Crippen LogP contribution < -0.4 is 15.1 Å². The molecule has 4 rings (SSSR count). The zero-order chi connectivity index (χ0) is 22.2. The lowest BCUT2D eigenvalue weighted by molar-refractivity contribution is 0.157. The second kappa shape index (κ2) is 12.4. The van der Waals surface area contributed by atoms with Crippen molar-refractivity contribution in [2.75, 3.05) is 43.2 Å². The molecule has 8 heteroatoms. The van der Waals surface area contributed by atoms with Gasteiger partial charge >= 0.3 is 0 Å². The fourth-order valence-electron chi connectivity index (χ4n) is 3.80. The molecule has 1 aliphatic rings. The van der Waals surface area contributed by atoms with E-state index in [9.17, 15) is 0 Å². The van der Waals surface area contributed by atoms with Crippen molar-refractivity contribution in [2.45, 2.75) is 26.3 Å². The molecule has 33 heavy (non-hydrogen) atoms. The molecule has 0 bridgehead atoms. The number of hydrogen-bond acceptors (Lipinski definition) is 7. The van der Waals surface area contributed by atoms with E-state index in [1.807, 2.05) is 41.5 Å². The zero-order valence-corrected chi connectivity index (χ0v) is 20.0. The number of nitrogens with zero attached hydrogens (tertiary/aromatic N) is 4. The standard InChI is InChI=1S/C25H31N5O2.ClH/c1-3-29(4-2)17-19-31-22-12-10-21(11-13-22)27-25-26-16-14-24(28-25)30-23(15-18-32-30)20-8-6-5-7-9-20;/h5-14,16,23H,3-4,15,17-19H2,1-2H3,(H,26,27,28);1H/t23-;/m0./s1.